The van der Waals surface area contributed by atoms with Crippen molar-refractivity contribution in [3.8, 4) is 0 Å². The highest BCUT2D eigenvalue weighted by Gasteiger charge is 2.06. The Morgan fingerprint density at radius 2 is 1.60 bits per heavy atom. The van der Waals surface area contributed by atoms with E-state index in [2.05, 4.69) is 20.5 Å². The van der Waals surface area contributed by atoms with Crippen molar-refractivity contribution in [3.05, 3.63) is 54.6 Å². The number of nitrogens with zero attached hydrogens (tertiary/aromatic N) is 3. The van der Waals surface area contributed by atoms with Crippen molar-refractivity contribution in [1.82, 2.24) is 0 Å². The van der Waals surface area contributed by atoms with Crippen LogP contribution in [-0.4, -0.2) is 19.2 Å². The van der Waals surface area contributed by atoms with Gasteiger partial charge in [-0.2, -0.15) is 10.2 Å². The Hall–Kier alpha value is -2.69. The lowest BCUT2D eigenvalue weighted by molar-refractivity contribution is 0.346. The van der Waals surface area contributed by atoms with Crippen LogP contribution in [0.15, 0.2) is 69.8 Å². The average Bonchev–Trinajstić information content (AvgIpc) is 3.01. The van der Waals surface area contributed by atoms with Gasteiger partial charge in [-0.05, 0) is 36.4 Å². The number of hydrogen-bond acceptors (Lipinski definition) is 5. The second-order valence-corrected chi connectivity index (χ2v) is 4.24. The molecular formula is C15H14N4O. The van der Waals surface area contributed by atoms with Crippen molar-refractivity contribution >= 4 is 23.1 Å². The van der Waals surface area contributed by atoms with E-state index in [9.17, 15) is 0 Å². The standard InChI is InChI=1S/C15H14N4O/c1-2-4-13(5-3-1)18-19-14-8-6-12(7-9-14)17-15-16-10-11-20-15/h1-9H,10-11H2,(H,16,17). The van der Waals surface area contributed by atoms with Crippen molar-refractivity contribution in [2.75, 3.05) is 18.5 Å². The van der Waals surface area contributed by atoms with Gasteiger partial charge >= 0.3 is 0 Å². The maximum atomic E-state index is 5.29. The van der Waals surface area contributed by atoms with Crippen LogP contribution in [0.3, 0.4) is 0 Å². The van der Waals surface area contributed by atoms with Crippen LogP contribution in [-0.2, 0) is 4.74 Å². The largest absolute Gasteiger partial charge is 0.463 e. The van der Waals surface area contributed by atoms with E-state index in [1.165, 1.54) is 0 Å². The van der Waals surface area contributed by atoms with Crippen LogP contribution in [0, 0.1) is 0 Å². The van der Waals surface area contributed by atoms with E-state index >= 15 is 0 Å². The molecular weight excluding hydrogens is 252 g/mol. The maximum absolute atomic E-state index is 5.29. The summed E-state index contributed by atoms with van der Waals surface area (Å²) >= 11 is 0. The van der Waals surface area contributed by atoms with E-state index in [-0.39, 0.29) is 0 Å². The molecule has 100 valence electrons. The van der Waals surface area contributed by atoms with E-state index in [4.69, 9.17) is 4.74 Å². The molecule has 1 aliphatic rings. The molecule has 0 radical (unpaired) electrons. The molecule has 0 fully saturated rings. The third-order valence-electron chi connectivity index (χ3n) is 2.74. The predicted molar refractivity (Wildman–Crippen MR) is 78.9 cm³/mol. The van der Waals surface area contributed by atoms with Crippen molar-refractivity contribution in [2.45, 2.75) is 0 Å². The van der Waals surface area contributed by atoms with Crippen LogP contribution in [0.4, 0.5) is 17.1 Å². The lowest BCUT2D eigenvalue weighted by Crippen LogP contribution is -2.11. The van der Waals surface area contributed by atoms with E-state index < -0.39 is 0 Å². The van der Waals surface area contributed by atoms with Crippen molar-refractivity contribution in [3.63, 3.8) is 0 Å². The summed E-state index contributed by atoms with van der Waals surface area (Å²) < 4.78 is 5.29. The fourth-order valence-corrected chi connectivity index (χ4v) is 1.76. The van der Waals surface area contributed by atoms with Gasteiger partial charge < -0.3 is 10.1 Å². The fourth-order valence-electron chi connectivity index (χ4n) is 1.76. The van der Waals surface area contributed by atoms with Gasteiger partial charge in [0.05, 0.1) is 17.9 Å². The number of rotatable bonds is 3. The van der Waals surface area contributed by atoms with Gasteiger partial charge in [0, 0.05) is 5.69 Å². The number of aliphatic imine (C=N–C) groups is 1. The Morgan fingerprint density at radius 3 is 2.25 bits per heavy atom. The van der Waals surface area contributed by atoms with Gasteiger partial charge in [-0.3, -0.25) is 0 Å². The molecule has 1 heterocycles. The number of amidine groups is 1. The molecule has 0 bridgehead atoms. The van der Waals surface area contributed by atoms with Gasteiger partial charge in [-0.15, -0.1) is 0 Å². The summed E-state index contributed by atoms with van der Waals surface area (Å²) in [6.45, 7) is 1.36. The minimum absolute atomic E-state index is 0.573. The van der Waals surface area contributed by atoms with Crippen LogP contribution in [0.1, 0.15) is 0 Å². The zero-order valence-electron chi connectivity index (χ0n) is 10.9. The number of benzene rings is 2. The Kier molecular flexibility index (Phi) is 3.68. The normalized spacial score (nSPS) is 14.1. The second kappa shape index (κ2) is 5.97. The molecule has 0 aromatic heterocycles. The van der Waals surface area contributed by atoms with Crippen molar-refractivity contribution in [1.29, 1.82) is 0 Å². The highest BCUT2D eigenvalue weighted by atomic mass is 16.5. The van der Waals surface area contributed by atoms with E-state index in [0.29, 0.717) is 19.2 Å². The van der Waals surface area contributed by atoms with Gasteiger partial charge in [0.15, 0.2) is 0 Å². The van der Waals surface area contributed by atoms with Crippen LogP contribution in [0.5, 0.6) is 0 Å². The molecule has 2 aromatic carbocycles. The molecule has 1 N–H and O–H groups in total. The number of ether oxygens (including phenoxy) is 1. The van der Waals surface area contributed by atoms with E-state index in [1.807, 2.05) is 54.6 Å². The first-order valence-corrected chi connectivity index (χ1v) is 6.41. The van der Waals surface area contributed by atoms with Gasteiger partial charge in [-0.1, -0.05) is 18.2 Å². The second-order valence-electron chi connectivity index (χ2n) is 4.24. The van der Waals surface area contributed by atoms with Crippen LogP contribution in [0.25, 0.3) is 0 Å². The SMILES string of the molecule is c1ccc(N=Nc2ccc(NC3=NCCO3)cc2)cc1. The van der Waals surface area contributed by atoms with Crippen LogP contribution < -0.4 is 5.32 Å². The zero-order chi connectivity index (χ0) is 13.6. The summed E-state index contributed by atoms with van der Waals surface area (Å²) in [4.78, 5) is 4.17. The third-order valence-corrected chi connectivity index (χ3v) is 2.74. The Balaban J connectivity index is 1.65. The summed E-state index contributed by atoms with van der Waals surface area (Å²) in [5.41, 5.74) is 2.56. The van der Waals surface area contributed by atoms with Crippen molar-refractivity contribution in [2.24, 2.45) is 15.2 Å². The molecule has 0 atom stereocenters. The summed E-state index contributed by atoms with van der Waals surface area (Å²) in [6, 6.07) is 17.8. The smallest absolute Gasteiger partial charge is 0.289 e. The fraction of sp³-hybridized carbons (Fsp3) is 0.133. The van der Waals surface area contributed by atoms with E-state index in [1.54, 1.807) is 0 Å². The molecule has 0 saturated heterocycles. The Morgan fingerprint density at radius 1 is 0.900 bits per heavy atom. The first-order valence-electron chi connectivity index (χ1n) is 6.41. The molecule has 0 aliphatic carbocycles. The predicted octanol–water partition coefficient (Wildman–Crippen LogP) is 3.90. The number of nitrogens with one attached hydrogen (secondary N) is 1. The monoisotopic (exact) mass is 266 g/mol. The van der Waals surface area contributed by atoms with Crippen molar-refractivity contribution < 1.29 is 4.74 Å². The molecule has 0 saturated carbocycles. The first-order chi connectivity index (χ1) is 9.90. The van der Waals surface area contributed by atoms with Gasteiger partial charge in [0.2, 0.25) is 0 Å². The molecule has 0 amide bonds. The highest BCUT2D eigenvalue weighted by Crippen LogP contribution is 2.20. The number of hydrogen-bond donors (Lipinski definition) is 1. The molecule has 2 aromatic rings. The molecule has 0 spiro atoms. The topological polar surface area (TPSA) is 58.3 Å². The van der Waals surface area contributed by atoms with Gasteiger partial charge in [0.1, 0.15) is 6.61 Å². The molecule has 0 unspecified atom stereocenters. The molecule has 1 aliphatic heterocycles. The van der Waals surface area contributed by atoms with E-state index in [0.717, 1.165) is 17.1 Å². The summed E-state index contributed by atoms with van der Waals surface area (Å²) in [6.07, 6.45) is 0. The van der Waals surface area contributed by atoms with Crippen LogP contribution >= 0.6 is 0 Å². The first kappa shape index (κ1) is 12.3. The lowest BCUT2D eigenvalue weighted by atomic mass is 10.3. The highest BCUT2D eigenvalue weighted by molar-refractivity contribution is 5.89. The number of azo groups is 1. The van der Waals surface area contributed by atoms with Gasteiger partial charge in [0.25, 0.3) is 6.02 Å². The van der Waals surface area contributed by atoms with Crippen LogP contribution in [0.2, 0.25) is 0 Å². The summed E-state index contributed by atoms with van der Waals surface area (Å²) in [5.74, 6) is 0. The zero-order valence-corrected chi connectivity index (χ0v) is 10.9. The molecule has 5 nitrogen and oxygen atoms in total. The minimum atomic E-state index is 0.573. The lowest BCUT2D eigenvalue weighted by Gasteiger charge is -2.05. The Bertz CT molecular complexity index is 620. The molecule has 20 heavy (non-hydrogen) atoms. The molecule has 3 rings (SSSR count). The summed E-state index contributed by atoms with van der Waals surface area (Å²) in [5, 5.41) is 11.4. The number of anilines is 1. The third kappa shape index (κ3) is 3.20. The minimum Gasteiger partial charge on any atom is -0.463 e. The quantitative estimate of drug-likeness (QED) is 0.856. The summed E-state index contributed by atoms with van der Waals surface area (Å²) in [7, 11) is 0. The maximum Gasteiger partial charge on any atom is 0.289 e. The average molecular weight is 266 g/mol. The van der Waals surface area contributed by atoms with Gasteiger partial charge in [-0.25, -0.2) is 4.99 Å². The Labute approximate surface area is 117 Å². The molecule has 5 heteroatoms.